The molecule has 2 amide bonds. The molecule has 0 radical (unpaired) electrons. The summed E-state index contributed by atoms with van der Waals surface area (Å²) in [4.78, 5) is 44.3. The minimum atomic E-state index is -1.12. The minimum absolute atomic E-state index is 0.0138. The summed E-state index contributed by atoms with van der Waals surface area (Å²) in [6.07, 6.45) is 8.20. The van der Waals surface area contributed by atoms with Crippen LogP contribution in [0.1, 0.15) is 59.3 Å². The number of fused-ring (bicyclic) bond motifs is 1. The Morgan fingerprint density at radius 3 is 2.66 bits per heavy atom. The number of hydrogen-bond donors (Lipinski definition) is 1. The molecule has 1 N–H and O–H groups in total. The zero-order valence-corrected chi connectivity index (χ0v) is 21.5. The highest BCUT2D eigenvalue weighted by atomic mass is 16.6. The molecule has 3 heterocycles. The van der Waals surface area contributed by atoms with E-state index in [0.717, 1.165) is 25.7 Å². The molecule has 8 heteroatoms. The summed E-state index contributed by atoms with van der Waals surface area (Å²) in [6, 6.07) is -0.892. The van der Waals surface area contributed by atoms with Gasteiger partial charge in [-0.05, 0) is 38.5 Å². The van der Waals surface area contributed by atoms with Crippen LogP contribution in [0.15, 0.2) is 25.3 Å². The first kappa shape index (κ1) is 27.4. The maximum absolute atomic E-state index is 14.0. The first-order valence-corrected chi connectivity index (χ1v) is 13.0. The molecule has 2 bridgehead atoms. The second-order valence-electron chi connectivity index (χ2n) is 10.3. The van der Waals surface area contributed by atoms with Gasteiger partial charge < -0.3 is 24.4 Å². The Balaban J connectivity index is 1.97. The second-order valence-corrected chi connectivity index (χ2v) is 10.3. The Labute approximate surface area is 209 Å². The number of β-amino-alcohol motifs (C(OH)–C–C–N with tert-alkyl or cyclic N) is 1. The minimum Gasteiger partial charge on any atom is -0.465 e. The zero-order chi connectivity index (χ0) is 25.8. The van der Waals surface area contributed by atoms with E-state index >= 15 is 0 Å². The molecule has 0 aromatic carbocycles. The van der Waals surface area contributed by atoms with Gasteiger partial charge in [0.2, 0.25) is 11.8 Å². The summed E-state index contributed by atoms with van der Waals surface area (Å²) in [6.45, 7) is 14.4. The van der Waals surface area contributed by atoms with Gasteiger partial charge in [0.15, 0.2) is 0 Å². The highest BCUT2D eigenvalue weighted by molar-refractivity contribution is 5.98. The quantitative estimate of drug-likeness (QED) is 0.229. The first-order chi connectivity index (χ1) is 16.7. The van der Waals surface area contributed by atoms with Crippen molar-refractivity contribution in [2.75, 3.05) is 32.8 Å². The average molecular weight is 491 g/mol. The fourth-order valence-electron chi connectivity index (χ4n) is 6.39. The first-order valence-electron chi connectivity index (χ1n) is 13.0. The van der Waals surface area contributed by atoms with Crippen molar-refractivity contribution < 1.29 is 29.0 Å². The normalized spacial score (nSPS) is 33.0. The average Bonchev–Trinajstić information content (AvgIpc) is 3.33. The van der Waals surface area contributed by atoms with Crippen molar-refractivity contribution in [3.8, 4) is 0 Å². The molecule has 0 saturated carbocycles. The molecule has 35 heavy (non-hydrogen) atoms. The van der Waals surface area contributed by atoms with E-state index in [2.05, 4.69) is 20.1 Å². The molecule has 6 atom stereocenters. The van der Waals surface area contributed by atoms with Gasteiger partial charge in [0.25, 0.3) is 0 Å². The number of esters is 1. The number of ether oxygens (including phenoxy) is 2. The Kier molecular flexibility index (Phi) is 8.81. The van der Waals surface area contributed by atoms with E-state index < -0.39 is 35.0 Å². The molecule has 3 fully saturated rings. The van der Waals surface area contributed by atoms with Crippen LogP contribution in [-0.4, -0.2) is 82.8 Å². The molecule has 3 aliphatic rings. The highest BCUT2D eigenvalue weighted by Crippen LogP contribution is 2.65. The van der Waals surface area contributed by atoms with Crippen molar-refractivity contribution in [2.45, 2.75) is 76.5 Å². The van der Waals surface area contributed by atoms with E-state index in [1.807, 2.05) is 13.8 Å². The largest absolute Gasteiger partial charge is 0.465 e. The number of amides is 2. The number of carbonyl (C=O) groups excluding carboxylic acids is 3. The number of unbranched alkanes of at least 4 members (excludes halogenated alkanes) is 3. The van der Waals surface area contributed by atoms with Gasteiger partial charge in [0, 0.05) is 19.6 Å². The van der Waals surface area contributed by atoms with Crippen molar-refractivity contribution in [1.29, 1.82) is 0 Å². The van der Waals surface area contributed by atoms with Gasteiger partial charge in [-0.25, -0.2) is 0 Å². The van der Waals surface area contributed by atoms with E-state index in [4.69, 9.17) is 9.47 Å². The molecule has 0 aromatic rings. The van der Waals surface area contributed by atoms with Crippen LogP contribution < -0.4 is 0 Å². The molecule has 3 rings (SSSR count). The molecular formula is C27H42N2O6. The van der Waals surface area contributed by atoms with Gasteiger partial charge in [-0.15, -0.1) is 13.2 Å². The Bertz CT molecular complexity index is 830. The van der Waals surface area contributed by atoms with Crippen molar-refractivity contribution in [2.24, 2.45) is 17.8 Å². The van der Waals surface area contributed by atoms with Crippen molar-refractivity contribution in [3.63, 3.8) is 0 Å². The Morgan fingerprint density at radius 1 is 1.29 bits per heavy atom. The van der Waals surface area contributed by atoms with E-state index in [0.29, 0.717) is 25.9 Å². The second kappa shape index (κ2) is 11.2. The standard InChI is InChI=1S/C27H42N2O6/c1-6-9-11-14-28(13-8-3)24(32)22-27-18-19(4)26(5,35-27)21(25(33)34-17-12-10-7-2)20(27)23(31)29(22)15-16-30/h7-8,19-22,30H,2-3,6,9-18H2,1,4-5H3/t19?,20-,21-,22?,26+,27?/m0/s1. The van der Waals surface area contributed by atoms with Gasteiger partial charge in [0.05, 0.1) is 24.7 Å². The van der Waals surface area contributed by atoms with Crippen LogP contribution in [0.3, 0.4) is 0 Å². The van der Waals surface area contributed by atoms with Crippen molar-refractivity contribution in [3.05, 3.63) is 25.3 Å². The van der Waals surface area contributed by atoms with E-state index in [1.54, 1.807) is 17.1 Å². The van der Waals surface area contributed by atoms with Gasteiger partial charge >= 0.3 is 5.97 Å². The number of nitrogens with zero attached hydrogens (tertiary/aromatic N) is 2. The number of allylic oxidation sites excluding steroid dienone is 1. The van der Waals surface area contributed by atoms with Crippen LogP contribution in [0.25, 0.3) is 0 Å². The smallest absolute Gasteiger partial charge is 0.312 e. The zero-order valence-electron chi connectivity index (χ0n) is 21.5. The summed E-state index contributed by atoms with van der Waals surface area (Å²) < 4.78 is 12.2. The molecule has 0 aromatic heterocycles. The summed E-state index contributed by atoms with van der Waals surface area (Å²) in [5.74, 6) is -2.62. The molecule has 0 aliphatic carbocycles. The summed E-state index contributed by atoms with van der Waals surface area (Å²) in [5.41, 5.74) is -2.02. The third-order valence-electron chi connectivity index (χ3n) is 8.13. The number of aliphatic hydroxyl groups is 1. The van der Waals surface area contributed by atoms with Crippen molar-refractivity contribution in [1.82, 2.24) is 9.80 Å². The topological polar surface area (TPSA) is 96.4 Å². The summed E-state index contributed by atoms with van der Waals surface area (Å²) in [5, 5.41) is 9.76. The highest BCUT2D eigenvalue weighted by Gasteiger charge is 2.80. The molecule has 3 saturated heterocycles. The summed E-state index contributed by atoms with van der Waals surface area (Å²) >= 11 is 0. The third kappa shape index (κ3) is 4.67. The van der Waals surface area contributed by atoms with E-state index in [9.17, 15) is 19.5 Å². The van der Waals surface area contributed by atoms with Gasteiger partial charge in [0.1, 0.15) is 17.6 Å². The fourth-order valence-corrected chi connectivity index (χ4v) is 6.39. The van der Waals surface area contributed by atoms with Crippen molar-refractivity contribution >= 4 is 17.8 Å². The van der Waals surface area contributed by atoms with Crippen LogP contribution in [0.5, 0.6) is 0 Å². The molecule has 196 valence electrons. The third-order valence-corrected chi connectivity index (χ3v) is 8.13. The van der Waals surface area contributed by atoms with Gasteiger partial charge in [-0.1, -0.05) is 38.8 Å². The van der Waals surface area contributed by atoms with Crippen LogP contribution in [-0.2, 0) is 23.9 Å². The number of aliphatic hydroxyl groups excluding tert-OH is 1. The van der Waals surface area contributed by atoms with Crippen LogP contribution in [0.2, 0.25) is 0 Å². The lowest BCUT2D eigenvalue weighted by Crippen LogP contribution is -2.57. The van der Waals surface area contributed by atoms with E-state index in [-0.39, 0.29) is 37.5 Å². The number of likely N-dealkylation sites (tertiary alicyclic amines) is 1. The van der Waals surface area contributed by atoms with Crippen LogP contribution in [0.4, 0.5) is 0 Å². The SMILES string of the molecule is C=CCCCOC(=O)[C@@H]1[C@H]2C(=O)N(CCO)C(C(=O)N(CC=C)CCCCC)C23CC(C)[C@@]1(C)O3. The van der Waals surface area contributed by atoms with Crippen LogP contribution >= 0.6 is 0 Å². The molecule has 3 aliphatic heterocycles. The Morgan fingerprint density at radius 2 is 2.03 bits per heavy atom. The maximum Gasteiger partial charge on any atom is 0.312 e. The number of hydrogen-bond acceptors (Lipinski definition) is 6. The Hall–Kier alpha value is -2.19. The lowest BCUT2D eigenvalue weighted by molar-refractivity contribution is -0.162. The lowest BCUT2D eigenvalue weighted by Gasteiger charge is -2.37. The predicted molar refractivity (Wildman–Crippen MR) is 132 cm³/mol. The number of carbonyl (C=O) groups is 3. The molecule has 8 nitrogen and oxygen atoms in total. The monoisotopic (exact) mass is 490 g/mol. The number of rotatable bonds is 14. The predicted octanol–water partition coefficient (Wildman–Crippen LogP) is 2.70. The van der Waals surface area contributed by atoms with E-state index in [1.165, 1.54) is 4.90 Å². The molecule has 1 spiro atoms. The van der Waals surface area contributed by atoms with Crippen LogP contribution in [0, 0.1) is 17.8 Å². The maximum atomic E-state index is 14.0. The molecule has 3 unspecified atom stereocenters. The molecular weight excluding hydrogens is 448 g/mol. The summed E-state index contributed by atoms with van der Waals surface area (Å²) in [7, 11) is 0. The van der Waals surface area contributed by atoms with Gasteiger partial charge in [-0.3, -0.25) is 14.4 Å². The fraction of sp³-hybridized carbons (Fsp3) is 0.741. The lowest BCUT2D eigenvalue weighted by atomic mass is 9.62. The van der Waals surface area contributed by atoms with Gasteiger partial charge in [-0.2, -0.15) is 0 Å².